The largest absolute Gasteiger partial charge is 0.508 e. The van der Waals surface area contributed by atoms with Gasteiger partial charge in [0.2, 0.25) is 0 Å². The van der Waals surface area contributed by atoms with E-state index in [1.165, 1.54) is 0 Å². The SMILES string of the molecule is COc1ccnc([C@@H](c2ccccc2)c2ccccc2O)c1. The maximum Gasteiger partial charge on any atom is 0.122 e. The molecule has 0 aliphatic heterocycles. The number of rotatable bonds is 4. The van der Waals surface area contributed by atoms with E-state index in [1.54, 1.807) is 19.4 Å². The fraction of sp³-hybridized carbons (Fsp3) is 0.105. The van der Waals surface area contributed by atoms with Gasteiger partial charge < -0.3 is 9.84 Å². The summed E-state index contributed by atoms with van der Waals surface area (Å²) in [4.78, 5) is 4.49. The summed E-state index contributed by atoms with van der Waals surface area (Å²) in [5, 5.41) is 10.3. The topological polar surface area (TPSA) is 42.4 Å². The molecule has 0 saturated heterocycles. The van der Waals surface area contributed by atoms with Gasteiger partial charge >= 0.3 is 0 Å². The molecule has 0 fully saturated rings. The van der Waals surface area contributed by atoms with Gasteiger partial charge in [0, 0.05) is 17.8 Å². The van der Waals surface area contributed by atoms with E-state index < -0.39 is 0 Å². The third kappa shape index (κ3) is 2.79. The maximum absolute atomic E-state index is 10.3. The summed E-state index contributed by atoms with van der Waals surface area (Å²) in [5.74, 6) is 0.875. The molecular weight excluding hydrogens is 274 g/mol. The number of hydrogen-bond acceptors (Lipinski definition) is 3. The number of nitrogens with zero attached hydrogens (tertiary/aromatic N) is 1. The zero-order valence-corrected chi connectivity index (χ0v) is 12.3. The van der Waals surface area contributed by atoms with E-state index in [0.29, 0.717) is 0 Å². The number of ether oxygens (including phenoxy) is 1. The van der Waals surface area contributed by atoms with Crippen LogP contribution in [0.2, 0.25) is 0 Å². The smallest absolute Gasteiger partial charge is 0.122 e. The van der Waals surface area contributed by atoms with Crippen molar-refractivity contribution in [3.63, 3.8) is 0 Å². The van der Waals surface area contributed by atoms with Crippen molar-refractivity contribution < 1.29 is 9.84 Å². The molecule has 0 unspecified atom stereocenters. The molecule has 22 heavy (non-hydrogen) atoms. The third-order valence-electron chi connectivity index (χ3n) is 3.66. The second kappa shape index (κ2) is 6.31. The fourth-order valence-electron chi connectivity index (χ4n) is 2.60. The normalized spacial score (nSPS) is 11.9. The van der Waals surface area contributed by atoms with Crippen molar-refractivity contribution in [3.8, 4) is 11.5 Å². The average molecular weight is 291 g/mol. The molecular formula is C19H17NO2. The van der Waals surface area contributed by atoms with Crippen molar-refractivity contribution >= 4 is 0 Å². The lowest BCUT2D eigenvalue weighted by molar-refractivity contribution is 0.413. The first-order valence-corrected chi connectivity index (χ1v) is 7.12. The molecule has 0 spiro atoms. The number of para-hydroxylation sites is 1. The highest BCUT2D eigenvalue weighted by atomic mass is 16.5. The molecule has 1 heterocycles. The Bertz CT molecular complexity index is 756. The second-order valence-corrected chi connectivity index (χ2v) is 5.02. The predicted molar refractivity (Wildman–Crippen MR) is 86.3 cm³/mol. The Labute approximate surface area is 129 Å². The minimum atomic E-state index is -0.141. The maximum atomic E-state index is 10.3. The molecule has 1 atom stereocenters. The van der Waals surface area contributed by atoms with Gasteiger partial charge in [-0.1, -0.05) is 48.5 Å². The molecule has 0 amide bonds. The fourth-order valence-corrected chi connectivity index (χ4v) is 2.60. The van der Waals surface area contributed by atoms with Crippen LogP contribution in [-0.2, 0) is 0 Å². The number of aromatic hydroxyl groups is 1. The van der Waals surface area contributed by atoms with Crippen molar-refractivity contribution in [1.29, 1.82) is 0 Å². The molecule has 0 saturated carbocycles. The number of phenols is 1. The average Bonchev–Trinajstić information content (AvgIpc) is 2.58. The molecule has 0 bridgehead atoms. The number of pyridine rings is 1. The van der Waals surface area contributed by atoms with Gasteiger partial charge in [-0.2, -0.15) is 0 Å². The van der Waals surface area contributed by atoms with Crippen LogP contribution in [0.1, 0.15) is 22.7 Å². The molecule has 3 aromatic rings. The van der Waals surface area contributed by atoms with Gasteiger partial charge in [0.05, 0.1) is 18.7 Å². The zero-order chi connectivity index (χ0) is 15.4. The van der Waals surface area contributed by atoms with Crippen LogP contribution in [0.5, 0.6) is 11.5 Å². The van der Waals surface area contributed by atoms with Gasteiger partial charge in [0.25, 0.3) is 0 Å². The molecule has 1 N–H and O–H groups in total. The Morgan fingerprint density at radius 3 is 2.41 bits per heavy atom. The van der Waals surface area contributed by atoms with Crippen molar-refractivity contribution in [2.24, 2.45) is 0 Å². The van der Waals surface area contributed by atoms with Crippen molar-refractivity contribution in [2.45, 2.75) is 5.92 Å². The Hall–Kier alpha value is -2.81. The zero-order valence-electron chi connectivity index (χ0n) is 12.3. The standard InChI is InChI=1S/C19H17NO2/c1-22-15-11-12-20-17(13-15)19(14-7-3-2-4-8-14)16-9-5-6-10-18(16)21/h2-13,19,21H,1H3/t19-/m0/s1. The van der Waals surface area contributed by atoms with Gasteiger partial charge in [0.1, 0.15) is 11.5 Å². The van der Waals surface area contributed by atoms with Gasteiger partial charge in [-0.3, -0.25) is 4.98 Å². The van der Waals surface area contributed by atoms with Crippen LogP contribution in [0, 0.1) is 0 Å². The van der Waals surface area contributed by atoms with Gasteiger partial charge in [-0.25, -0.2) is 0 Å². The van der Waals surface area contributed by atoms with Gasteiger partial charge in [-0.05, 0) is 17.7 Å². The van der Waals surface area contributed by atoms with Crippen LogP contribution in [0.3, 0.4) is 0 Å². The Morgan fingerprint density at radius 1 is 0.955 bits per heavy atom. The quantitative estimate of drug-likeness (QED) is 0.790. The van der Waals surface area contributed by atoms with Crippen molar-refractivity contribution in [2.75, 3.05) is 7.11 Å². The summed E-state index contributed by atoms with van der Waals surface area (Å²) in [7, 11) is 1.64. The molecule has 3 rings (SSSR count). The van der Waals surface area contributed by atoms with E-state index in [4.69, 9.17) is 4.74 Å². The summed E-state index contributed by atoms with van der Waals surface area (Å²) < 4.78 is 5.30. The number of aromatic nitrogens is 1. The van der Waals surface area contributed by atoms with Gasteiger partial charge in [0.15, 0.2) is 0 Å². The molecule has 0 aliphatic rings. The van der Waals surface area contributed by atoms with Crippen LogP contribution < -0.4 is 4.74 Å². The predicted octanol–water partition coefficient (Wildman–Crippen LogP) is 3.98. The second-order valence-electron chi connectivity index (χ2n) is 5.02. The molecule has 110 valence electrons. The minimum absolute atomic E-state index is 0.141. The lowest BCUT2D eigenvalue weighted by atomic mass is 9.87. The van der Waals surface area contributed by atoms with Crippen LogP contribution in [-0.4, -0.2) is 17.2 Å². The summed E-state index contributed by atoms with van der Waals surface area (Å²) in [6.07, 6.45) is 1.73. The van der Waals surface area contributed by atoms with E-state index in [1.807, 2.05) is 60.7 Å². The van der Waals surface area contributed by atoms with Crippen molar-refractivity contribution in [3.05, 3.63) is 89.7 Å². The Kier molecular flexibility index (Phi) is 4.05. The highest BCUT2D eigenvalue weighted by molar-refractivity contribution is 5.47. The highest BCUT2D eigenvalue weighted by Crippen LogP contribution is 2.36. The van der Waals surface area contributed by atoms with Crippen LogP contribution in [0.4, 0.5) is 0 Å². The number of methoxy groups -OCH3 is 1. The van der Waals surface area contributed by atoms with E-state index in [0.717, 1.165) is 22.6 Å². The monoisotopic (exact) mass is 291 g/mol. The molecule has 3 nitrogen and oxygen atoms in total. The molecule has 3 heteroatoms. The number of phenolic OH excluding ortho intramolecular Hbond substituents is 1. The first kappa shape index (κ1) is 14.1. The summed E-state index contributed by atoms with van der Waals surface area (Å²) in [5.41, 5.74) is 2.74. The van der Waals surface area contributed by atoms with E-state index >= 15 is 0 Å². The summed E-state index contributed by atoms with van der Waals surface area (Å²) in [6.45, 7) is 0. The summed E-state index contributed by atoms with van der Waals surface area (Å²) >= 11 is 0. The minimum Gasteiger partial charge on any atom is -0.508 e. The summed E-state index contributed by atoms with van der Waals surface area (Å²) in [6, 6.07) is 21.1. The lowest BCUT2D eigenvalue weighted by Gasteiger charge is -2.19. The molecule has 0 aliphatic carbocycles. The first-order valence-electron chi connectivity index (χ1n) is 7.12. The van der Waals surface area contributed by atoms with Crippen LogP contribution in [0.25, 0.3) is 0 Å². The lowest BCUT2D eigenvalue weighted by Crippen LogP contribution is -2.06. The highest BCUT2D eigenvalue weighted by Gasteiger charge is 2.21. The Morgan fingerprint density at radius 2 is 1.68 bits per heavy atom. The first-order chi connectivity index (χ1) is 10.8. The number of benzene rings is 2. The van der Waals surface area contributed by atoms with Crippen LogP contribution >= 0.6 is 0 Å². The third-order valence-corrected chi connectivity index (χ3v) is 3.66. The van der Waals surface area contributed by atoms with E-state index in [-0.39, 0.29) is 11.7 Å². The van der Waals surface area contributed by atoms with Gasteiger partial charge in [-0.15, -0.1) is 0 Å². The molecule has 2 aromatic carbocycles. The van der Waals surface area contributed by atoms with E-state index in [2.05, 4.69) is 4.98 Å². The molecule has 0 radical (unpaired) electrons. The Balaban J connectivity index is 2.17. The van der Waals surface area contributed by atoms with E-state index in [9.17, 15) is 5.11 Å². The molecule has 1 aromatic heterocycles. The van der Waals surface area contributed by atoms with Crippen molar-refractivity contribution in [1.82, 2.24) is 4.98 Å². The van der Waals surface area contributed by atoms with Crippen LogP contribution in [0.15, 0.2) is 72.9 Å². The number of hydrogen-bond donors (Lipinski definition) is 1.